The molecule has 1 amide bonds. The number of nitrogens with two attached hydrogens (primary N) is 1. The summed E-state index contributed by atoms with van der Waals surface area (Å²) in [5, 5.41) is 3.08. The van der Waals surface area contributed by atoms with Crippen molar-refractivity contribution in [2.45, 2.75) is 0 Å². The number of benzene rings is 2. The summed E-state index contributed by atoms with van der Waals surface area (Å²) in [5.74, 6) is -0.508. The van der Waals surface area contributed by atoms with Crippen LogP contribution >= 0.6 is 11.6 Å². The molecule has 0 saturated heterocycles. The van der Waals surface area contributed by atoms with E-state index in [4.69, 9.17) is 22.1 Å². The molecule has 0 aliphatic heterocycles. The first kappa shape index (κ1) is 14.1. The van der Waals surface area contributed by atoms with Gasteiger partial charge in [0.2, 0.25) is 0 Å². The summed E-state index contributed by atoms with van der Waals surface area (Å²) in [6.45, 7) is 0. The fourth-order valence-electron chi connectivity index (χ4n) is 1.71. The van der Waals surface area contributed by atoms with Crippen molar-refractivity contribution < 1.29 is 13.9 Å². The van der Waals surface area contributed by atoms with Crippen LogP contribution in [0.3, 0.4) is 0 Å². The zero-order valence-corrected chi connectivity index (χ0v) is 11.4. The molecule has 2 aromatic carbocycles. The number of ether oxygens (including phenoxy) is 1. The van der Waals surface area contributed by atoms with Gasteiger partial charge in [-0.05, 0) is 36.4 Å². The third kappa shape index (κ3) is 3.00. The molecule has 0 aromatic heterocycles. The largest absolute Gasteiger partial charge is 0.495 e. The molecule has 0 heterocycles. The van der Waals surface area contributed by atoms with E-state index in [0.717, 1.165) is 6.07 Å². The summed E-state index contributed by atoms with van der Waals surface area (Å²) >= 11 is 5.87. The minimum absolute atomic E-state index is 0.0588. The van der Waals surface area contributed by atoms with Crippen LogP contribution in [0, 0.1) is 5.82 Å². The van der Waals surface area contributed by atoms with Crippen LogP contribution in [0.5, 0.6) is 5.75 Å². The number of carbonyl (C=O) groups excluding carboxylic acids is 1. The Balaban J connectivity index is 2.30. The highest BCUT2D eigenvalue weighted by molar-refractivity contribution is 6.31. The Morgan fingerprint density at radius 2 is 2.05 bits per heavy atom. The number of hydrogen-bond acceptors (Lipinski definition) is 3. The van der Waals surface area contributed by atoms with Crippen LogP contribution in [0.1, 0.15) is 10.4 Å². The van der Waals surface area contributed by atoms with Gasteiger partial charge in [-0.2, -0.15) is 0 Å². The Morgan fingerprint density at radius 1 is 1.30 bits per heavy atom. The van der Waals surface area contributed by atoms with Crippen molar-refractivity contribution in [3.05, 3.63) is 52.8 Å². The molecule has 6 heteroatoms. The number of methoxy groups -OCH3 is 1. The van der Waals surface area contributed by atoms with Crippen LogP contribution in [0.25, 0.3) is 0 Å². The standard InChI is InChI=1S/C14H12ClFN2O2/c1-20-13-5-2-8(15)6-12(13)18-14(19)10-4-3-9(16)7-11(10)17/h2-7H,17H2,1H3,(H,18,19). The van der Waals surface area contributed by atoms with Crippen molar-refractivity contribution in [3.63, 3.8) is 0 Å². The molecule has 0 unspecified atom stereocenters. The second-order valence-electron chi connectivity index (χ2n) is 4.03. The quantitative estimate of drug-likeness (QED) is 0.854. The van der Waals surface area contributed by atoms with E-state index in [2.05, 4.69) is 5.32 Å². The van der Waals surface area contributed by atoms with Gasteiger partial charge in [-0.3, -0.25) is 4.79 Å². The Morgan fingerprint density at radius 3 is 2.70 bits per heavy atom. The average Bonchev–Trinajstić information content (AvgIpc) is 2.38. The molecule has 104 valence electrons. The lowest BCUT2D eigenvalue weighted by atomic mass is 10.1. The molecule has 20 heavy (non-hydrogen) atoms. The highest BCUT2D eigenvalue weighted by Crippen LogP contribution is 2.28. The zero-order valence-electron chi connectivity index (χ0n) is 10.6. The topological polar surface area (TPSA) is 64.3 Å². The number of carbonyl (C=O) groups is 1. The molecule has 0 saturated carbocycles. The lowest BCUT2D eigenvalue weighted by Crippen LogP contribution is -2.14. The summed E-state index contributed by atoms with van der Waals surface area (Å²) in [4.78, 5) is 12.1. The second-order valence-corrected chi connectivity index (χ2v) is 4.47. The van der Waals surface area contributed by atoms with Crippen molar-refractivity contribution in [2.24, 2.45) is 0 Å². The van der Waals surface area contributed by atoms with E-state index >= 15 is 0 Å². The van der Waals surface area contributed by atoms with Gasteiger partial charge in [0.25, 0.3) is 5.91 Å². The highest BCUT2D eigenvalue weighted by Gasteiger charge is 2.13. The molecule has 0 fully saturated rings. The number of anilines is 2. The van der Waals surface area contributed by atoms with Gasteiger partial charge in [-0.1, -0.05) is 11.6 Å². The van der Waals surface area contributed by atoms with Crippen molar-refractivity contribution in [1.82, 2.24) is 0 Å². The van der Waals surface area contributed by atoms with E-state index in [1.54, 1.807) is 18.2 Å². The van der Waals surface area contributed by atoms with E-state index in [1.165, 1.54) is 19.2 Å². The minimum atomic E-state index is -0.501. The predicted molar refractivity (Wildman–Crippen MR) is 76.8 cm³/mol. The van der Waals surface area contributed by atoms with E-state index < -0.39 is 11.7 Å². The van der Waals surface area contributed by atoms with Crippen LogP contribution in [0.2, 0.25) is 5.02 Å². The number of hydrogen-bond donors (Lipinski definition) is 2. The first-order valence-electron chi connectivity index (χ1n) is 5.71. The van der Waals surface area contributed by atoms with Crippen molar-refractivity contribution >= 4 is 28.9 Å². The lowest BCUT2D eigenvalue weighted by molar-refractivity contribution is 0.102. The Bertz CT molecular complexity index is 662. The summed E-state index contributed by atoms with van der Waals surface area (Å²) in [7, 11) is 1.48. The van der Waals surface area contributed by atoms with Gasteiger partial charge in [-0.25, -0.2) is 4.39 Å². The molecular formula is C14H12ClFN2O2. The number of amides is 1. The molecule has 2 rings (SSSR count). The third-order valence-corrected chi connectivity index (χ3v) is 2.90. The Labute approximate surface area is 120 Å². The predicted octanol–water partition coefficient (Wildman–Crippen LogP) is 3.32. The SMILES string of the molecule is COc1ccc(Cl)cc1NC(=O)c1ccc(F)cc1N. The molecule has 4 nitrogen and oxygen atoms in total. The molecule has 0 atom stereocenters. The van der Waals surface area contributed by atoms with Gasteiger partial charge < -0.3 is 15.8 Å². The first-order valence-corrected chi connectivity index (χ1v) is 6.09. The molecule has 0 radical (unpaired) electrons. The summed E-state index contributed by atoms with van der Waals surface area (Å²) in [6, 6.07) is 8.40. The zero-order chi connectivity index (χ0) is 14.7. The number of nitrogens with one attached hydrogen (secondary N) is 1. The summed E-state index contributed by atoms with van der Waals surface area (Å²) in [6.07, 6.45) is 0. The maximum absolute atomic E-state index is 13.0. The molecule has 0 spiro atoms. The first-order chi connectivity index (χ1) is 9.51. The van der Waals surface area contributed by atoms with E-state index in [0.29, 0.717) is 16.5 Å². The monoisotopic (exact) mass is 294 g/mol. The van der Waals surface area contributed by atoms with Gasteiger partial charge >= 0.3 is 0 Å². The van der Waals surface area contributed by atoms with Crippen LogP contribution < -0.4 is 15.8 Å². The Kier molecular flexibility index (Phi) is 4.10. The van der Waals surface area contributed by atoms with E-state index in [9.17, 15) is 9.18 Å². The maximum Gasteiger partial charge on any atom is 0.257 e. The van der Waals surface area contributed by atoms with Crippen LogP contribution in [0.15, 0.2) is 36.4 Å². The van der Waals surface area contributed by atoms with Gasteiger partial charge in [0.1, 0.15) is 11.6 Å². The smallest absolute Gasteiger partial charge is 0.257 e. The normalized spacial score (nSPS) is 10.2. The third-order valence-electron chi connectivity index (χ3n) is 2.67. The van der Waals surface area contributed by atoms with Crippen molar-refractivity contribution in [1.29, 1.82) is 0 Å². The van der Waals surface area contributed by atoms with Gasteiger partial charge in [0.15, 0.2) is 0 Å². The summed E-state index contributed by atoms with van der Waals surface area (Å²) < 4.78 is 18.1. The molecule has 0 aliphatic rings. The Hall–Kier alpha value is -2.27. The van der Waals surface area contributed by atoms with E-state index in [1.807, 2.05) is 0 Å². The summed E-state index contributed by atoms with van der Waals surface area (Å²) in [5.41, 5.74) is 6.26. The lowest BCUT2D eigenvalue weighted by Gasteiger charge is -2.11. The molecule has 0 aliphatic carbocycles. The van der Waals surface area contributed by atoms with Gasteiger partial charge in [0.05, 0.1) is 18.4 Å². The fraction of sp³-hybridized carbons (Fsp3) is 0.0714. The molecule has 2 aromatic rings. The molecular weight excluding hydrogens is 283 g/mol. The van der Waals surface area contributed by atoms with Crippen LogP contribution in [0.4, 0.5) is 15.8 Å². The van der Waals surface area contributed by atoms with Crippen LogP contribution in [-0.4, -0.2) is 13.0 Å². The van der Waals surface area contributed by atoms with E-state index in [-0.39, 0.29) is 11.3 Å². The fourth-order valence-corrected chi connectivity index (χ4v) is 1.88. The number of halogens is 2. The van der Waals surface area contributed by atoms with Crippen molar-refractivity contribution in [2.75, 3.05) is 18.2 Å². The highest BCUT2D eigenvalue weighted by atomic mass is 35.5. The number of rotatable bonds is 3. The maximum atomic E-state index is 13.0. The number of nitrogen functional groups attached to an aromatic ring is 1. The van der Waals surface area contributed by atoms with Crippen LogP contribution in [-0.2, 0) is 0 Å². The van der Waals surface area contributed by atoms with Gasteiger partial charge in [-0.15, -0.1) is 0 Å². The minimum Gasteiger partial charge on any atom is -0.495 e. The molecule has 0 bridgehead atoms. The molecule has 3 N–H and O–H groups in total. The van der Waals surface area contributed by atoms with Gasteiger partial charge in [0, 0.05) is 10.7 Å². The van der Waals surface area contributed by atoms with Crippen molar-refractivity contribution in [3.8, 4) is 5.75 Å². The second kappa shape index (κ2) is 5.79. The average molecular weight is 295 g/mol.